The molecule has 1 aliphatic rings. The molecule has 0 aromatic heterocycles. The monoisotopic (exact) mass is 240 g/mol. The maximum absolute atomic E-state index is 12.7. The van der Waals surface area contributed by atoms with Crippen LogP contribution in [0.25, 0.3) is 0 Å². The zero-order valence-corrected chi connectivity index (χ0v) is 11.8. The van der Waals surface area contributed by atoms with Crippen molar-refractivity contribution < 1.29 is 4.79 Å². The highest BCUT2D eigenvalue weighted by molar-refractivity contribution is 5.83. The zero-order chi connectivity index (χ0) is 13.1. The van der Waals surface area contributed by atoms with Crippen molar-refractivity contribution >= 4 is 5.91 Å². The number of nitrogens with zero attached hydrogens (tertiary/aromatic N) is 1. The van der Waals surface area contributed by atoms with Gasteiger partial charge in [0.25, 0.3) is 0 Å². The molecule has 1 aliphatic heterocycles. The van der Waals surface area contributed by atoms with E-state index < -0.39 is 0 Å². The summed E-state index contributed by atoms with van der Waals surface area (Å²) in [6.07, 6.45) is 3.82. The molecule has 0 radical (unpaired) electrons. The first-order valence-corrected chi connectivity index (χ1v) is 7.00. The number of hydrogen-bond acceptors (Lipinski definition) is 2. The molecule has 1 unspecified atom stereocenters. The Labute approximate surface area is 106 Å². The summed E-state index contributed by atoms with van der Waals surface area (Å²) in [5.41, 5.74) is 5.74. The van der Waals surface area contributed by atoms with Gasteiger partial charge in [0.15, 0.2) is 0 Å². The predicted molar refractivity (Wildman–Crippen MR) is 71.6 cm³/mol. The summed E-state index contributed by atoms with van der Waals surface area (Å²) in [7, 11) is 0. The summed E-state index contributed by atoms with van der Waals surface area (Å²) in [6, 6.07) is 0.185. The first-order valence-electron chi connectivity index (χ1n) is 7.00. The van der Waals surface area contributed by atoms with Crippen molar-refractivity contribution in [3.63, 3.8) is 0 Å². The van der Waals surface area contributed by atoms with E-state index in [1.807, 2.05) is 4.90 Å². The maximum Gasteiger partial charge on any atom is 0.228 e. The van der Waals surface area contributed by atoms with Gasteiger partial charge in [0, 0.05) is 24.5 Å². The molecule has 1 fully saturated rings. The zero-order valence-electron chi connectivity index (χ0n) is 11.8. The van der Waals surface area contributed by atoms with Gasteiger partial charge in [-0.2, -0.15) is 0 Å². The van der Waals surface area contributed by atoms with Gasteiger partial charge in [0.2, 0.25) is 5.91 Å². The fraction of sp³-hybridized carbons (Fsp3) is 0.929. The smallest absolute Gasteiger partial charge is 0.228 e. The SMILES string of the molecule is CCC(CC)(CC(C)C)C(=O)N1CCC(N)C1. The summed E-state index contributed by atoms with van der Waals surface area (Å²) in [6.45, 7) is 10.3. The van der Waals surface area contributed by atoms with E-state index >= 15 is 0 Å². The van der Waals surface area contributed by atoms with Crippen molar-refractivity contribution in [1.29, 1.82) is 0 Å². The van der Waals surface area contributed by atoms with Crippen LogP contribution in [0.15, 0.2) is 0 Å². The molecule has 0 aliphatic carbocycles. The van der Waals surface area contributed by atoms with Crippen molar-refractivity contribution in [2.45, 2.75) is 59.4 Å². The van der Waals surface area contributed by atoms with Gasteiger partial charge in [0.1, 0.15) is 0 Å². The minimum absolute atomic E-state index is 0.155. The summed E-state index contributed by atoms with van der Waals surface area (Å²) in [4.78, 5) is 14.7. The van der Waals surface area contributed by atoms with Crippen molar-refractivity contribution in [2.24, 2.45) is 17.1 Å². The molecule has 2 N–H and O–H groups in total. The van der Waals surface area contributed by atoms with Crippen LogP contribution < -0.4 is 5.73 Å². The molecule has 0 saturated carbocycles. The van der Waals surface area contributed by atoms with Crippen LogP contribution in [0, 0.1) is 11.3 Å². The van der Waals surface area contributed by atoms with Crippen LogP contribution in [-0.4, -0.2) is 29.9 Å². The van der Waals surface area contributed by atoms with Gasteiger partial charge in [-0.3, -0.25) is 4.79 Å². The van der Waals surface area contributed by atoms with Crippen LogP contribution >= 0.6 is 0 Å². The lowest BCUT2D eigenvalue weighted by Gasteiger charge is -2.35. The highest BCUT2D eigenvalue weighted by Gasteiger charge is 2.40. The van der Waals surface area contributed by atoms with E-state index in [4.69, 9.17) is 5.73 Å². The van der Waals surface area contributed by atoms with E-state index in [0.29, 0.717) is 11.8 Å². The van der Waals surface area contributed by atoms with Gasteiger partial charge in [-0.05, 0) is 31.6 Å². The fourth-order valence-electron chi connectivity index (χ4n) is 3.02. The van der Waals surface area contributed by atoms with Crippen LogP contribution in [-0.2, 0) is 4.79 Å². The Kier molecular flexibility index (Phi) is 4.99. The van der Waals surface area contributed by atoms with Crippen LogP contribution in [0.1, 0.15) is 53.4 Å². The van der Waals surface area contributed by atoms with Gasteiger partial charge in [-0.25, -0.2) is 0 Å². The Morgan fingerprint density at radius 3 is 2.35 bits per heavy atom. The first-order chi connectivity index (χ1) is 7.95. The lowest BCUT2D eigenvalue weighted by atomic mass is 9.74. The molecule has 3 nitrogen and oxygen atoms in total. The molecule has 3 heteroatoms. The summed E-state index contributed by atoms with van der Waals surface area (Å²) in [5, 5.41) is 0. The van der Waals surface area contributed by atoms with Gasteiger partial charge < -0.3 is 10.6 Å². The molecule has 0 aromatic rings. The number of carbonyl (C=O) groups is 1. The number of rotatable bonds is 5. The molecule has 1 rings (SSSR count). The standard InChI is InChI=1S/C14H28N2O/c1-5-14(6-2,9-11(3)4)13(17)16-8-7-12(15)10-16/h11-12H,5-10,15H2,1-4H3. The molecular formula is C14H28N2O. The second kappa shape index (κ2) is 5.85. The van der Waals surface area contributed by atoms with Gasteiger partial charge >= 0.3 is 0 Å². The molecule has 0 aromatic carbocycles. The highest BCUT2D eigenvalue weighted by atomic mass is 16.2. The number of carbonyl (C=O) groups excluding carboxylic acids is 1. The Morgan fingerprint density at radius 1 is 1.41 bits per heavy atom. The van der Waals surface area contributed by atoms with E-state index in [2.05, 4.69) is 27.7 Å². The van der Waals surface area contributed by atoms with Crippen molar-refractivity contribution in [3.8, 4) is 0 Å². The van der Waals surface area contributed by atoms with Crippen LogP contribution in [0.2, 0.25) is 0 Å². The largest absolute Gasteiger partial charge is 0.341 e. The Bertz CT molecular complexity index is 259. The quantitative estimate of drug-likeness (QED) is 0.802. The first kappa shape index (κ1) is 14.5. The minimum Gasteiger partial charge on any atom is -0.341 e. The Hall–Kier alpha value is -0.570. The fourth-order valence-corrected chi connectivity index (χ4v) is 3.02. The average Bonchev–Trinajstić information content (AvgIpc) is 2.71. The van der Waals surface area contributed by atoms with Crippen LogP contribution in [0.5, 0.6) is 0 Å². The maximum atomic E-state index is 12.7. The predicted octanol–water partition coefficient (Wildman–Crippen LogP) is 2.40. The highest BCUT2D eigenvalue weighted by Crippen LogP contribution is 2.36. The number of likely N-dealkylation sites (tertiary alicyclic amines) is 1. The van der Waals surface area contributed by atoms with Crippen molar-refractivity contribution in [2.75, 3.05) is 13.1 Å². The lowest BCUT2D eigenvalue weighted by Crippen LogP contribution is -2.44. The molecule has 100 valence electrons. The summed E-state index contributed by atoms with van der Waals surface area (Å²) >= 11 is 0. The third kappa shape index (κ3) is 3.21. The van der Waals surface area contributed by atoms with Crippen molar-refractivity contribution in [3.05, 3.63) is 0 Å². The van der Waals surface area contributed by atoms with E-state index in [1.165, 1.54) is 0 Å². The summed E-state index contributed by atoms with van der Waals surface area (Å²) < 4.78 is 0. The molecule has 17 heavy (non-hydrogen) atoms. The molecule has 1 saturated heterocycles. The summed E-state index contributed by atoms with van der Waals surface area (Å²) in [5.74, 6) is 0.902. The van der Waals surface area contributed by atoms with Gasteiger partial charge in [0.05, 0.1) is 0 Å². The number of amides is 1. The van der Waals surface area contributed by atoms with E-state index in [1.54, 1.807) is 0 Å². The minimum atomic E-state index is -0.155. The normalized spacial score (nSPS) is 21.3. The second-order valence-electron chi connectivity index (χ2n) is 5.89. The molecule has 1 amide bonds. The molecule has 0 bridgehead atoms. The molecule has 1 heterocycles. The molecular weight excluding hydrogens is 212 g/mol. The third-order valence-electron chi connectivity index (χ3n) is 4.12. The number of nitrogens with two attached hydrogens (primary N) is 1. The van der Waals surface area contributed by atoms with Gasteiger partial charge in [-0.1, -0.05) is 27.7 Å². The van der Waals surface area contributed by atoms with E-state index in [-0.39, 0.29) is 11.5 Å². The third-order valence-corrected chi connectivity index (χ3v) is 4.12. The molecule has 0 spiro atoms. The van der Waals surface area contributed by atoms with Crippen LogP contribution in [0.3, 0.4) is 0 Å². The Balaban J connectivity index is 2.79. The van der Waals surface area contributed by atoms with Crippen LogP contribution in [0.4, 0.5) is 0 Å². The number of hydrogen-bond donors (Lipinski definition) is 1. The topological polar surface area (TPSA) is 46.3 Å². The van der Waals surface area contributed by atoms with E-state index in [0.717, 1.165) is 38.8 Å². The second-order valence-corrected chi connectivity index (χ2v) is 5.89. The lowest BCUT2D eigenvalue weighted by molar-refractivity contribution is -0.142. The van der Waals surface area contributed by atoms with Crippen molar-refractivity contribution in [1.82, 2.24) is 4.90 Å². The Morgan fingerprint density at radius 2 is 2.00 bits per heavy atom. The molecule has 1 atom stereocenters. The van der Waals surface area contributed by atoms with Gasteiger partial charge in [-0.15, -0.1) is 0 Å². The van der Waals surface area contributed by atoms with E-state index in [9.17, 15) is 4.79 Å². The average molecular weight is 240 g/mol.